The van der Waals surface area contributed by atoms with Gasteiger partial charge in [0.1, 0.15) is 0 Å². The van der Waals surface area contributed by atoms with Crippen molar-refractivity contribution in [3.8, 4) is 11.3 Å². The Morgan fingerprint density at radius 1 is 1.00 bits per heavy atom. The number of piperidine rings is 1. The SMILES string of the molecule is Cc1cc(-c2[nH]c3ccc(C4CCN(C(=O)CN5C(C)CCC5C)CC4)cc3c2C(C)C)cc(C)n1. The van der Waals surface area contributed by atoms with Crippen molar-refractivity contribution in [2.45, 2.75) is 91.1 Å². The molecular weight excluding hydrogens is 444 g/mol. The molecular formula is C31H42N4O. The number of hydrogen-bond donors (Lipinski definition) is 1. The highest BCUT2D eigenvalue weighted by Gasteiger charge is 2.31. The molecule has 1 N–H and O–H groups in total. The van der Waals surface area contributed by atoms with Gasteiger partial charge >= 0.3 is 0 Å². The predicted octanol–water partition coefficient (Wildman–Crippen LogP) is 6.55. The highest BCUT2D eigenvalue weighted by Crippen LogP contribution is 2.38. The normalized spacial score (nSPS) is 21.7. The fourth-order valence-corrected chi connectivity index (χ4v) is 6.57. The molecule has 2 aromatic heterocycles. The molecule has 0 bridgehead atoms. The van der Waals surface area contributed by atoms with Gasteiger partial charge in [0.2, 0.25) is 5.91 Å². The molecule has 1 aromatic carbocycles. The van der Waals surface area contributed by atoms with Crippen LogP contribution >= 0.6 is 0 Å². The van der Waals surface area contributed by atoms with Crippen LogP contribution in [-0.2, 0) is 4.79 Å². The van der Waals surface area contributed by atoms with Crippen molar-refractivity contribution < 1.29 is 4.79 Å². The quantitative estimate of drug-likeness (QED) is 0.445. The molecule has 36 heavy (non-hydrogen) atoms. The Bertz CT molecular complexity index is 1220. The average molecular weight is 487 g/mol. The number of aromatic nitrogens is 2. The van der Waals surface area contributed by atoms with Gasteiger partial charge in [-0.15, -0.1) is 0 Å². The van der Waals surface area contributed by atoms with E-state index in [4.69, 9.17) is 0 Å². The van der Waals surface area contributed by atoms with Crippen molar-refractivity contribution in [1.29, 1.82) is 0 Å². The highest BCUT2D eigenvalue weighted by atomic mass is 16.2. The molecule has 0 aliphatic carbocycles. The van der Waals surface area contributed by atoms with Crippen LogP contribution in [0.3, 0.4) is 0 Å². The van der Waals surface area contributed by atoms with E-state index < -0.39 is 0 Å². The van der Waals surface area contributed by atoms with Crippen LogP contribution in [-0.4, -0.2) is 57.4 Å². The zero-order chi connectivity index (χ0) is 25.6. The van der Waals surface area contributed by atoms with Crippen molar-refractivity contribution >= 4 is 16.8 Å². The van der Waals surface area contributed by atoms with Crippen LogP contribution in [0.1, 0.15) is 87.7 Å². The number of benzene rings is 1. The van der Waals surface area contributed by atoms with Crippen molar-refractivity contribution in [2.24, 2.45) is 0 Å². The summed E-state index contributed by atoms with van der Waals surface area (Å²) < 4.78 is 0. The fraction of sp³-hybridized carbons (Fsp3) is 0.548. The minimum Gasteiger partial charge on any atom is -0.354 e. The van der Waals surface area contributed by atoms with Crippen LogP contribution in [0, 0.1) is 13.8 Å². The third-order valence-electron chi connectivity index (χ3n) is 8.58. The second kappa shape index (κ2) is 10.0. The van der Waals surface area contributed by atoms with Gasteiger partial charge in [-0.25, -0.2) is 0 Å². The van der Waals surface area contributed by atoms with E-state index in [0.29, 0.717) is 36.4 Å². The zero-order valence-electron chi connectivity index (χ0n) is 22.9. The molecule has 5 rings (SSSR count). The van der Waals surface area contributed by atoms with Gasteiger partial charge < -0.3 is 9.88 Å². The molecule has 5 heteroatoms. The molecule has 0 saturated carbocycles. The van der Waals surface area contributed by atoms with Crippen LogP contribution in [0.2, 0.25) is 0 Å². The number of carbonyl (C=O) groups excluding carboxylic acids is 1. The lowest BCUT2D eigenvalue weighted by Gasteiger charge is -2.34. The Labute approximate surface area is 216 Å². The van der Waals surface area contributed by atoms with E-state index in [9.17, 15) is 4.79 Å². The first-order valence-electron chi connectivity index (χ1n) is 13.9. The number of amides is 1. The lowest BCUT2D eigenvalue weighted by Crippen LogP contribution is -2.46. The van der Waals surface area contributed by atoms with Gasteiger partial charge in [0.05, 0.1) is 12.2 Å². The van der Waals surface area contributed by atoms with Gasteiger partial charge in [-0.3, -0.25) is 14.7 Å². The van der Waals surface area contributed by atoms with Crippen LogP contribution in [0.15, 0.2) is 30.3 Å². The smallest absolute Gasteiger partial charge is 0.236 e. The molecule has 192 valence electrons. The number of aromatic amines is 1. The molecule has 1 amide bonds. The van der Waals surface area contributed by atoms with Crippen molar-refractivity contribution in [2.75, 3.05) is 19.6 Å². The maximum absolute atomic E-state index is 13.0. The van der Waals surface area contributed by atoms with Gasteiger partial charge in [-0.1, -0.05) is 19.9 Å². The molecule has 2 aliphatic heterocycles. The summed E-state index contributed by atoms with van der Waals surface area (Å²) in [4.78, 5) is 25.8. The van der Waals surface area contributed by atoms with Gasteiger partial charge in [-0.2, -0.15) is 0 Å². The molecule has 3 aromatic rings. The molecule has 2 fully saturated rings. The monoisotopic (exact) mass is 486 g/mol. The van der Waals surface area contributed by atoms with Crippen LogP contribution in [0.5, 0.6) is 0 Å². The first-order valence-corrected chi connectivity index (χ1v) is 13.9. The minimum absolute atomic E-state index is 0.310. The maximum atomic E-state index is 13.0. The summed E-state index contributed by atoms with van der Waals surface area (Å²) in [6.07, 6.45) is 4.50. The first kappa shape index (κ1) is 25.0. The highest BCUT2D eigenvalue weighted by molar-refractivity contribution is 5.92. The van der Waals surface area contributed by atoms with Crippen LogP contribution in [0.25, 0.3) is 22.2 Å². The fourth-order valence-electron chi connectivity index (χ4n) is 6.57. The third kappa shape index (κ3) is 4.82. The average Bonchev–Trinajstić information content (AvgIpc) is 3.38. The Hall–Kier alpha value is -2.66. The minimum atomic E-state index is 0.310. The Morgan fingerprint density at radius 2 is 1.64 bits per heavy atom. The van der Waals surface area contributed by atoms with E-state index in [-0.39, 0.29) is 0 Å². The van der Waals surface area contributed by atoms with E-state index in [0.717, 1.165) is 37.3 Å². The van der Waals surface area contributed by atoms with E-state index in [1.807, 2.05) is 0 Å². The summed E-state index contributed by atoms with van der Waals surface area (Å²) in [7, 11) is 0. The second-order valence-corrected chi connectivity index (χ2v) is 11.6. The number of H-pyrrole nitrogens is 1. The van der Waals surface area contributed by atoms with Gasteiger partial charge in [0, 0.05) is 53.0 Å². The molecule has 0 spiro atoms. The zero-order valence-corrected chi connectivity index (χ0v) is 22.9. The van der Waals surface area contributed by atoms with E-state index in [2.05, 4.69) is 91.6 Å². The molecule has 2 atom stereocenters. The number of carbonyl (C=O) groups is 1. The number of nitrogens with zero attached hydrogens (tertiary/aromatic N) is 3. The number of pyridine rings is 1. The number of rotatable bonds is 5. The summed E-state index contributed by atoms with van der Waals surface area (Å²) in [6, 6.07) is 12.4. The summed E-state index contributed by atoms with van der Waals surface area (Å²) >= 11 is 0. The van der Waals surface area contributed by atoms with Crippen molar-refractivity contribution in [3.05, 3.63) is 52.8 Å². The third-order valence-corrected chi connectivity index (χ3v) is 8.58. The second-order valence-electron chi connectivity index (χ2n) is 11.6. The molecule has 0 radical (unpaired) electrons. The largest absolute Gasteiger partial charge is 0.354 e. The Morgan fingerprint density at radius 3 is 2.25 bits per heavy atom. The molecule has 5 nitrogen and oxygen atoms in total. The molecule has 2 aliphatic rings. The van der Waals surface area contributed by atoms with Gasteiger partial charge in [0.15, 0.2) is 0 Å². The number of hydrogen-bond acceptors (Lipinski definition) is 3. The molecule has 2 unspecified atom stereocenters. The first-order chi connectivity index (χ1) is 17.2. The number of aryl methyl sites for hydroxylation is 2. The van der Waals surface area contributed by atoms with Gasteiger partial charge in [0.25, 0.3) is 0 Å². The number of nitrogens with one attached hydrogen (secondary N) is 1. The van der Waals surface area contributed by atoms with Crippen molar-refractivity contribution in [1.82, 2.24) is 19.8 Å². The lowest BCUT2D eigenvalue weighted by molar-refractivity contribution is -0.134. The lowest BCUT2D eigenvalue weighted by atomic mass is 9.87. The van der Waals surface area contributed by atoms with E-state index in [1.54, 1.807) is 0 Å². The maximum Gasteiger partial charge on any atom is 0.236 e. The molecule has 4 heterocycles. The topological polar surface area (TPSA) is 52.2 Å². The van der Waals surface area contributed by atoms with E-state index in [1.165, 1.54) is 46.1 Å². The summed E-state index contributed by atoms with van der Waals surface area (Å²) in [5.74, 6) is 1.23. The Balaban J connectivity index is 1.34. The summed E-state index contributed by atoms with van der Waals surface area (Å²) in [6.45, 7) is 15.5. The molecule has 2 saturated heterocycles. The predicted molar refractivity (Wildman–Crippen MR) is 149 cm³/mol. The van der Waals surface area contributed by atoms with E-state index >= 15 is 0 Å². The summed E-state index contributed by atoms with van der Waals surface area (Å²) in [5.41, 5.74) is 8.53. The van der Waals surface area contributed by atoms with Crippen LogP contribution in [0.4, 0.5) is 0 Å². The Kier molecular flexibility index (Phi) is 6.95. The number of fused-ring (bicyclic) bond motifs is 1. The summed E-state index contributed by atoms with van der Waals surface area (Å²) in [5, 5.41) is 1.33. The van der Waals surface area contributed by atoms with Gasteiger partial charge in [-0.05, 0) is 101 Å². The van der Waals surface area contributed by atoms with Crippen LogP contribution < -0.4 is 0 Å². The standard InChI is InChI=1S/C31H42N4O/c1-19(2)30-27-17-25(9-10-28(27)33-31(30)26-15-20(3)32-21(4)16-26)24-11-13-34(14-12-24)29(36)18-35-22(5)7-8-23(35)6/h9-10,15-17,19,22-24,33H,7-8,11-14,18H2,1-6H3. The van der Waals surface area contributed by atoms with Crippen molar-refractivity contribution in [3.63, 3.8) is 0 Å². The number of likely N-dealkylation sites (tertiary alicyclic amines) is 2.